The minimum atomic E-state index is -0.507. The van der Waals surface area contributed by atoms with Crippen LogP contribution in [0.25, 0.3) is 0 Å². The zero-order valence-electron chi connectivity index (χ0n) is 15.1. The lowest BCUT2D eigenvalue weighted by Gasteiger charge is -2.19. The molecule has 0 spiro atoms. The van der Waals surface area contributed by atoms with Crippen LogP contribution in [0.5, 0.6) is 11.8 Å². The van der Waals surface area contributed by atoms with Gasteiger partial charge in [0.2, 0.25) is 11.8 Å². The van der Waals surface area contributed by atoms with Crippen LogP contribution in [0.1, 0.15) is 5.56 Å². The fraction of sp³-hybridized carbons (Fsp3) is 0.353. The van der Waals surface area contributed by atoms with Crippen LogP contribution in [0.4, 0.5) is 10.5 Å². The predicted octanol–water partition coefficient (Wildman–Crippen LogP) is 2.58. The molecule has 0 atom stereocenters. The lowest BCUT2D eigenvalue weighted by atomic mass is 10.2. The molecule has 150 valence electrons. The second kappa shape index (κ2) is 9.67. The van der Waals surface area contributed by atoms with Crippen molar-refractivity contribution in [2.24, 2.45) is 0 Å². The summed E-state index contributed by atoms with van der Waals surface area (Å²) in [6.07, 6.45) is 2.64. The highest BCUT2D eigenvalue weighted by molar-refractivity contribution is 8.00. The highest BCUT2D eigenvalue weighted by Gasteiger charge is 2.22. The van der Waals surface area contributed by atoms with Crippen molar-refractivity contribution in [3.05, 3.63) is 35.1 Å². The normalized spacial score (nSPS) is 13.2. The van der Waals surface area contributed by atoms with Crippen LogP contribution in [0.2, 0.25) is 5.02 Å². The van der Waals surface area contributed by atoms with Gasteiger partial charge in [-0.1, -0.05) is 11.6 Å². The van der Waals surface area contributed by atoms with Crippen molar-refractivity contribution in [1.29, 1.82) is 0 Å². The average Bonchev–Trinajstić information content (AvgIpc) is 2.92. The number of hydrogen-bond donors (Lipinski definition) is 2. The summed E-state index contributed by atoms with van der Waals surface area (Å²) in [6, 6.07) is 3.58. The number of fused-ring (bicyclic) bond motifs is 1. The molecule has 0 saturated heterocycles. The lowest BCUT2D eigenvalue weighted by molar-refractivity contribution is 0.0802. The third-order valence-corrected chi connectivity index (χ3v) is 4.78. The van der Waals surface area contributed by atoms with Gasteiger partial charge in [0.15, 0.2) is 0 Å². The maximum absolute atomic E-state index is 12.1. The van der Waals surface area contributed by atoms with Crippen molar-refractivity contribution >= 4 is 35.3 Å². The van der Waals surface area contributed by atoms with Crippen LogP contribution in [0.15, 0.2) is 29.4 Å². The zero-order chi connectivity index (χ0) is 19.9. The molecule has 11 heteroatoms. The minimum absolute atomic E-state index is 0.0466. The molecule has 28 heavy (non-hydrogen) atoms. The average molecular weight is 427 g/mol. The maximum Gasteiger partial charge on any atom is 0.410 e. The number of amides is 1. The number of aliphatic hydroxyl groups is 1. The van der Waals surface area contributed by atoms with Gasteiger partial charge in [-0.25, -0.2) is 14.8 Å². The van der Waals surface area contributed by atoms with Crippen LogP contribution in [0, 0.1) is 0 Å². The van der Waals surface area contributed by atoms with E-state index in [0.29, 0.717) is 35.6 Å². The quantitative estimate of drug-likeness (QED) is 0.674. The van der Waals surface area contributed by atoms with Gasteiger partial charge in [-0.3, -0.25) is 0 Å². The molecule has 1 aliphatic rings. The molecule has 3 heterocycles. The van der Waals surface area contributed by atoms with Crippen molar-refractivity contribution in [2.75, 3.05) is 38.2 Å². The molecule has 0 aliphatic carbocycles. The standard InChI is InChI=1S/C17H19ClN4O5S/c1-25-16-14(7-12(18)8-19-16)28-21-13-6-11-10-22(17(24)27-5-3-23)2-4-26-15(11)20-9-13/h6-9,21,23H,2-5,10H2,1H3. The molecule has 3 rings (SSSR count). The third-order valence-electron chi connectivity index (χ3n) is 3.72. The molecular formula is C17H19ClN4O5S. The zero-order valence-corrected chi connectivity index (χ0v) is 16.6. The lowest BCUT2D eigenvalue weighted by Crippen LogP contribution is -2.33. The van der Waals surface area contributed by atoms with Gasteiger partial charge in [-0.2, -0.15) is 0 Å². The summed E-state index contributed by atoms with van der Waals surface area (Å²) in [5, 5.41) is 9.30. The Morgan fingerprint density at radius 2 is 2.29 bits per heavy atom. The fourth-order valence-corrected chi connectivity index (χ4v) is 3.43. The SMILES string of the molecule is COc1ncc(Cl)cc1SNc1cnc2c(c1)CN(C(=O)OCCO)CCO2. The molecular weight excluding hydrogens is 408 g/mol. The van der Waals surface area contributed by atoms with E-state index in [4.69, 9.17) is 30.9 Å². The summed E-state index contributed by atoms with van der Waals surface area (Å²) in [4.78, 5) is 22.7. The van der Waals surface area contributed by atoms with Gasteiger partial charge < -0.3 is 28.9 Å². The number of rotatable bonds is 6. The molecule has 2 N–H and O–H groups in total. The Morgan fingerprint density at radius 1 is 1.43 bits per heavy atom. The highest BCUT2D eigenvalue weighted by Crippen LogP contribution is 2.32. The molecule has 1 aliphatic heterocycles. The second-order valence-electron chi connectivity index (χ2n) is 5.66. The molecule has 2 aromatic heterocycles. The van der Waals surface area contributed by atoms with E-state index in [2.05, 4.69) is 14.7 Å². The van der Waals surface area contributed by atoms with Gasteiger partial charge in [0.1, 0.15) is 13.2 Å². The van der Waals surface area contributed by atoms with E-state index >= 15 is 0 Å². The number of methoxy groups -OCH3 is 1. The first-order valence-electron chi connectivity index (χ1n) is 8.37. The number of aromatic nitrogens is 2. The van der Waals surface area contributed by atoms with Crippen LogP contribution in [-0.4, -0.2) is 59.5 Å². The number of ether oxygens (including phenoxy) is 3. The van der Waals surface area contributed by atoms with Gasteiger partial charge in [0.05, 0.1) is 48.6 Å². The number of pyridine rings is 2. The molecule has 0 saturated carbocycles. The van der Waals surface area contributed by atoms with E-state index in [1.54, 1.807) is 12.3 Å². The Labute approximate surface area is 171 Å². The van der Waals surface area contributed by atoms with E-state index in [1.807, 2.05) is 6.07 Å². The van der Waals surface area contributed by atoms with E-state index in [9.17, 15) is 4.79 Å². The number of hydrogen-bond acceptors (Lipinski definition) is 9. The number of aliphatic hydroxyl groups excluding tert-OH is 1. The fourth-order valence-electron chi connectivity index (χ4n) is 2.46. The molecule has 9 nitrogen and oxygen atoms in total. The highest BCUT2D eigenvalue weighted by atomic mass is 35.5. The first kappa shape index (κ1) is 20.3. The summed E-state index contributed by atoms with van der Waals surface area (Å²) >= 11 is 7.27. The van der Waals surface area contributed by atoms with Gasteiger partial charge in [0, 0.05) is 11.8 Å². The van der Waals surface area contributed by atoms with Gasteiger partial charge in [-0.15, -0.1) is 0 Å². The molecule has 2 aromatic rings. The van der Waals surface area contributed by atoms with E-state index < -0.39 is 6.09 Å². The number of halogens is 1. The summed E-state index contributed by atoms with van der Waals surface area (Å²) in [7, 11) is 1.53. The summed E-state index contributed by atoms with van der Waals surface area (Å²) in [5.41, 5.74) is 1.44. The number of nitrogens with one attached hydrogen (secondary N) is 1. The van der Waals surface area contributed by atoms with Crippen molar-refractivity contribution < 1.29 is 24.1 Å². The molecule has 1 amide bonds. The van der Waals surface area contributed by atoms with Crippen molar-refractivity contribution in [1.82, 2.24) is 14.9 Å². The number of anilines is 1. The molecule has 0 aromatic carbocycles. The van der Waals surface area contributed by atoms with Crippen LogP contribution in [0.3, 0.4) is 0 Å². The van der Waals surface area contributed by atoms with Crippen LogP contribution < -0.4 is 14.2 Å². The maximum atomic E-state index is 12.1. The number of carbonyl (C=O) groups is 1. The summed E-state index contributed by atoms with van der Waals surface area (Å²) < 4.78 is 19.0. The van der Waals surface area contributed by atoms with Gasteiger partial charge in [-0.05, 0) is 24.1 Å². The van der Waals surface area contributed by atoms with Gasteiger partial charge >= 0.3 is 6.09 Å². The molecule has 0 radical (unpaired) electrons. The summed E-state index contributed by atoms with van der Waals surface area (Å²) in [6.45, 7) is 0.690. The van der Waals surface area contributed by atoms with E-state index in [1.165, 1.54) is 30.2 Å². The van der Waals surface area contributed by atoms with Crippen molar-refractivity contribution in [2.45, 2.75) is 11.4 Å². The molecule has 0 unspecified atom stereocenters. The Balaban J connectivity index is 1.71. The van der Waals surface area contributed by atoms with E-state index in [0.717, 1.165) is 10.5 Å². The Morgan fingerprint density at radius 3 is 3.07 bits per heavy atom. The summed E-state index contributed by atoms with van der Waals surface area (Å²) in [5.74, 6) is 0.917. The number of carbonyl (C=O) groups excluding carboxylic acids is 1. The minimum Gasteiger partial charge on any atom is -0.480 e. The Hall–Kier alpha value is -2.43. The topological polar surface area (TPSA) is 106 Å². The first-order chi connectivity index (χ1) is 13.6. The molecule has 0 fully saturated rings. The Kier molecular flexibility index (Phi) is 7.01. The Bertz CT molecular complexity index is 841. The second-order valence-corrected chi connectivity index (χ2v) is 6.95. The third kappa shape index (κ3) is 5.09. The van der Waals surface area contributed by atoms with Crippen molar-refractivity contribution in [3.8, 4) is 11.8 Å². The van der Waals surface area contributed by atoms with Crippen LogP contribution in [-0.2, 0) is 11.3 Å². The van der Waals surface area contributed by atoms with Gasteiger partial charge in [0.25, 0.3) is 0 Å². The van der Waals surface area contributed by atoms with Crippen molar-refractivity contribution in [3.63, 3.8) is 0 Å². The van der Waals surface area contributed by atoms with E-state index in [-0.39, 0.29) is 19.8 Å². The monoisotopic (exact) mass is 426 g/mol. The van der Waals surface area contributed by atoms with Crippen LogP contribution >= 0.6 is 23.5 Å². The first-order valence-corrected chi connectivity index (χ1v) is 9.57. The smallest absolute Gasteiger partial charge is 0.410 e. The molecule has 0 bridgehead atoms. The largest absolute Gasteiger partial charge is 0.480 e. The predicted molar refractivity (Wildman–Crippen MR) is 104 cm³/mol. The number of nitrogens with zero attached hydrogens (tertiary/aromatic N) is 3.